The molecule has 2 saturated heterocycles. The lowest BCUT2D eigenvalue weighted by atomic mass is 9.85. The fourth-order valence-corrected chi connectivity index (χ4v) is 6.36. The number of piperidine rings is 1. The highest BCUT2D eigenvalue weighted by Gasteiger charge is 2.45. The first-order chi connectivity index (χ1) is 19.9. The molecule has 2 fully saturated rings. The zero-order valence-electron chi connectivity index (χ0n) is 22.1. The molecule has 0 unspecified atom stereocenters. The van der Waals surface area contributed by atoms with Crippen molar-refractivity contribution in [2.45, 2.75) is 50.6 Å². The smallest absolute Gasteiger partial charge is 0.292 e. The molecule has 5 aromatic rings. The maximum Gasteiger partial charge on any atom is 0.292 e. The van der Waals surface area contributed by atoms with E-state index in [1.54, 1.807) is 36.8 Å². The van der Waals surface area contributed by atoms with Crippen LogP contribution in [0.2, 0.25) is 0 Å². The second kappa shape index (κ2) is 9.47. The van der Waals surface area contributed by atoms with Gasteiger partial charge < -0.3 is 15.6 Å². The molecule has 2 aliphatic heterocycles. The highest BCUT2D eigenvalue weighted by atomic mass is 16.2. The summed E-state index contributed by atoms with van der Waals surface area (Å²) in [6, 6.07) is 8.53. The van der Waals surface area contributed by atoms with Gasteiger partial charge in [-0.25, -0.2) is 9.97 Å². The number of carbonyl (C=O) groups is 2. The standard InChI is InChI=1S/C28H26N10O3/c1-15(39)23-24(17-10-18-6-7-19(11-17)37(18)28(41)26-31-14-32-35-26)34-27-20(13-33-38(27)25(23)29)16-5-8-21(30-12-16)36-9-3-2-4-22(36)40/h2-5,8-9,12-14,17-19H,6-7,10-11,29H2,1H3,(H,31,32,35)/t17-,18-,19+. The summed E-state index contributed by atoms with van der Waals surface area (Å²) in [5, 5.41) is 12.1. The molecule has 0 aliphatic carbocycles. The fourth-order valence-electron chi connectivity index (χ4n) is 6.36. The molecule has 206 valence electrons. The lowest BCUT2D eigenvalue weighted by molar-refractivity contribution is 0.0556. The maximum atomic E-state index is 13.1. The predicted octanol–water partition coefficient (Wildman–Crippen LogP) is 2.40. The summed E-state index contributed by atoms with van der Waals surface area (Å²) in [7, 11) is 0. The van der Waals surface area contributed by atoms with Gasteiger partial charge in [-0.2, -0.15) is 9.61 Å². The van der Waals surface area contributed by atoms with Gasteiger partial charge in [-0.1, -0.05) is 6.07 Å². The van der Waals surface area contributed by atoms with Crippen LogP contribution in [0.1, 0.15) is 65.2 Å². The first-order valence-electron chi connectivity index (χ1n) is 13.4. The SMILES string of the molecule is CC(=O)c1c([C@@H]2C[C@H]3CC[C@@H](C2)N3C(=O)c2nnc[nH]2)nc2c(-c3ccc(-n4ccccc4=O)nc3)cnn2c1N. The molecule has 5 aromatic heterocycles. The molecule has 3 N–H and O–H groups in total. The van der Waals surface area contributed by atoms with E-state index in [4.69, 9.17) is 10.7 Å². The molecule has 0 spiro atoms. The molecule has 13 nitrogen and oxygen atoms in total. The lowest BCUT2D eigenvalue weighted by Crippen LogP contribution is -2.46. The number of nitrogens with two attached hydrogens (primary N) is 1. The van der Waals surface area contributed by atoms with Crippen molar-refractivity contribution in [3.05, 3.63) is 82.7 Å². The zero-order chi connectivity index (χ0) is 28.2. The van der Waals surface area contributed by atoms with Crippen molar-refractivity contribution in [1.29, 1.82) is 0 Å². The Morgan fingerprint density at radius 2 is 1.88 bits per heavy atom. The van der Waals surface area contributed by atoms with Gasteiger partial charge in [0.15, 0.2) is 11.4 Å². The second-order valence-electron chi connectivity index (χ2n) is 10.5. The number of aromatic amines is 1. The minimum atomic E-state index is -0.184. The Kier molecular flexibility index (Phi) is 5.73. The van der Waals surface area contributed by atoms with Gasteiger partial charge in [0.2, 0.25) is 5.82 Å². The van der Waals surface area contributed by atoms with Crippen molar-refractivity contribution in [3.8, 4) is 16.9 Å². The molecule has 41 heavy (non-hydrogen) atoms. The summed E-state index contributed by atoms with van der Waals surface area (Å²) < 4.78 is 2.95. The summed E-state index contributed by atoms with van der Waals surface area (Å²) in [5.74, 6) is 0.548. The van der Waals surface area contributed by atoms with Crippen LogP contribution in [0.4, 0.5) is 5.82 Å². The van der Waals surface area contributed by atoms with E-state index in [2.05, 4.69) is 25.3 Å². The second-order valence-corrected chi connectivity index (χ2v) is 10.5. The molecule has 7 rings (SSSR count). The molecule has 2 bridgehead atoms. The number of ketones is 1. The van der Waals surface area contributed by atoms with Crippen LogP contribution < -0.4 is 11.3 Å². The average Bonchev–Trinajstić information content (AvgIpc) is 3.71. The predicted molar refractivity (Wildman–Crippen MR) is 148 cm³/mol. The zero-order valence-corrected chi connectivity index (χ0v) is 22.1. The van der Waals surface area contributed by atoms with Crippen LogP contribution in [-0.4, -0.2) is 68.0 Å². The number of carbonyl (C=O) groups excluding carboxylic acids is 2. The number of amides is 1. The maximum absolute atomic E-state index is 13.1. The van der Waals surface area contributed by atoms with Crippen LogP contribution in [-0.2, 0) is 0 Å². The summed E-state index contributed by atoms with van der Waals surface area (Å²) in [6.07, 6.45) is 9.43. The van der Waals surface area contributed by atoms with E-state index >= 15 is 0 Å². The third-order valence-electron chi connectivity index (χ3n) is 8.16. The van der Waals surface area contributed by atoms with Gasteiger partial charge in [0, 0.05) is 47.6 Å². The van der Waals surface area contributed by atoms with Crippen LogP contribution in [0.25, 0.3) is 22.6 Å². The molecular weight excluding hydrogens is 524 g/mol. The topological polar surface area (TPSA) is 170 Å². The average molecular weight is 551 g/mol. The van der Waals surface area contributed by atoms with Gasteiger partial charge in [-0.05, 0) is 50.8 Å². The summed E-state index contributed by atoms with van der Waals surface area (Å²) >= 11 is 0. The Balaban J connectivity index is 1.26. The van der Waals surface area contributed by atoms with E-state index in [9.17, 15) is 14.4 Å². The third-order valence-corrected chi connectivity index (χ3v) is 8.16. The molecule has 0 radical (unpaired) electrons. The number of anilines is 1. The molecule has 2 aliphatic rings. The van der Waals surface area contributed by atoms with Crippen molar-refractivity contribution in [3.63, 3.8) is 0 Å². The summed E-state index contributed by atoms with van der Waals surface area (Å²) in [5.41, 5.74) is 9.34. The molecule has 13 heteroatoms. The van der Waals surface area contributed by atoms with Gasteiger partial charge >= 0.3 is 0 Å². The normalized spacial score (nSPS) is 20.0. The Bertz CT molecular complexity index is 1840. The molecule has 1 amide bonds. The van der Waals surface area contributed by atoms with Crippen molar-refractivity contribution < 1.29 is 9.59 Å². The quantitative estimate of drug-likeness (QED) is 0.312. The van der Waals surface area contributed by atoms with Crippen molar-refractivity contribution >= 4 is 23.2 Å². The molecule has 0 saturated carbocycles. The van der Waals surface area contributed by atoms with Gasteiger partial charge in [0.1, 0.15) is 18.0 Å². The van der Waals surface area contributed by atoms with E-state index < -0.39 is 0 Å². The van der Waals surface area contributed by atoms with Crippen LogP contribution in [0, 0.1) is 0 Å². The highest BCUT2D eigenvalue weighted by molar-refractivity contribution is 6.00. The Hall–Kier alpha value is -5.20. The third kappa shape index (κ3) is 4.00. The number of hydrogen-bond donors (Lipinski definition) is 2. The first-order valence-corrected chi connectivity index (χ1v) is 13.4. The number of pyridine rings is 2. The van der Waals surface area contributed by atoms with Crippen molar-refractivity contribution in [2.24, 2.45) is 0 Å². The van der Waals surface area contributed by atoms with Gasteiger partial charge in [-0.3, -0.25) is 19.0 Å². The minimum absolute atomic E-state index is 0.00192. The number of nitrogens with zero attached hydrogens (tertiary/aromatic N) is 8. The molecule has 3 atom stereocenters. The van der Waals surface area contributed by atoms with E-state index in [0.717, 1.165) is 18.4 Å². The molecular formula is C28H26N10O3. The largest absolute Gasteiger partial charge is 0.383 e. The monoisotopic (exact) mass is 550 g/mol. The molecule has 7 heterocycles. The van der Waals surface area contributed by atoms with Crippen molar-refractivity contribution in [2.75, 3.05) is 5.73 Å². The summed E-state index contributed by atoms with van der Waals surface area (Å²) in [6.45, 7) is 1.48. The first kappa shape index (κ1) is 24.8. The number of nitrogens with one attached hydrogen (secondary N) is 1. The van der Waals surface area contributed by atoms with E-state index in [0.29, 0.717) is 41.1 Å². The van der Waals surface area contributed by atoms with Crippen LogP contribution >= 0.6 is 0 Å². The lowest BCUT2D eigenvalue weighted by Gasteiger charge is -2.38. The fraction of sp³-hybridized carbons (Fsp3) is 0.286. The summed E-state index contributed by atoms with van der Waals surface area (Å²) in [4.78, 5) is 52.4. The number of aromatic nitrogens is 8. The van der Waals surface area contributed by atoms with Crippen LogP contribution in [0.15, 0.2) is 60.0 Å². The number of fused-ring (bicyclic) bond motifs is 3. The van der Waals surface area contributed by atoms with E-state index in [1.165, 1.54) is 28.4 Å². The Morgan fingerprint density at radius 1 is 1.07 bits per heavy atom. The van der Waals surface area contributed by atoms with Crippen LogP contribution in [0.5, 0.6) is 0 Å². The van der Waals surface area contributed by atoms with Crippen LogP contribution in [0.3, 0.4) is 0 Å². The Morgan fingerprint density at radius 3 is 2.54 bits per heavy atom. The number of H-pyrrole nitrogens is 1. The van der Waals surface area contributed by atoms with Gasteiger partial charge in [0.05, 0.1) is 17.5 Å². The minimum Gasteiger partial charge on any atom is -0.383 e. The highest BCUT2D eigenvalue weighted by Crippen LogP contribution is 2.45. The van der Waals surface area contributed by atoms with Gasteiger partial charge in [0.25, 0.3) is 11.5 Å². The van der Waals surface area contributed by atoms with Crippen molar-refractivity contribution in [1.82, 2.24) is 44.2 Å². The number of rotatable bonds is 5. The van der Waals surface area contributed by atoms with E-state index in [1.807, 2.05) is 11.0 Å². The number of Topliss-reactive ketones (excluding diaryl/α,β-unsaturated/α-hetero) is 1. The number of hydrogen-bond acceptors (Lipinski definition) is 9. The Labute approximate surface area is 233 Å². The van der Waals surface area contributed by atoms with Gasteiger partial charge in [-0.15, -0.1) is 10.2 Å². The molecule has 0 aromatic carbocycles. The van der Waals surface area contributed by atoms with E-state index in [-0.39, 0.29) is 46.9 Å². The number of nitrogen functional groups attached to an aromatic ring is 1.